The average Bonchev–Trinajstić information content (AvgIpc) is 2.01. The van der Waals surface area contributed by atoms with Crippen molar-refractivity contribution < 1.29 is 4.79 Å². The topological polar surface area (TPSA) is 68.9 Å². The molecule has 0 bridgehead atoms. The van der Waals surface area contributed by atoms with E-state index in [0.717, 1.165) is 0 Å². The molecule has 2 N–H and O–H groups in total. The van der Waals surface area contributed by atoms with E-state index in [1.165, 1.54) is 6.20 Å². The molecule has 0 amide bonds. The average molecular weight is 193 g/mol. The summed E-state index contributed by atoms with van der Waals surface area (Å²) in [5.41, 5.74) is 6.01. The fourth-order valence-electron chi connectivity index (χ4n) is 1.08. The summed E-state index contributed by atoms with van der Waals surface area (Å²) in [4.78, 5) is 19.9. The molecule has 0 unspecified atom stereocenters. The van der Waals surface area contributed by atoms with Crippen LogP contribution < -0.4 is 5.73 Å². The summed E-state index contributed by atoms with van der Waals surface area (Å²) in [6, 6.07) is 0. The molecule has 14 heavy (non-hydrogen) atoms. The molecule has 0 saturated heterocycles. The zero-order valence-electron chi connectivity index (χ0n) is 8.96. The van der Waals surface area contributed by atoms with Crippen molar-refractivity contribution in [3.8, 4) is 0 Å². The van der Waals surface area contributed by atoms with Gasteiger partial charge in [0.15, 0.2) is 5.78 Å². The molecule has 1 aromatic heterocycles. The van der Waals surface area contributed by atoms with Gasteiger partial charge < -0.3 is 5.73 Å². The number of anilines is 1. The van der Waals surface area contributed by atoms with Crippen LogP contribution in [0.2, 0.25) is 0 Å². The molecule has 0 fully saturated rings. The van der Waals surface area contributed by atoms with Crippen molar-refractivity contribution in [3.05, 3.63) is 17.6 Å². The summed E-state index contributed by atoms with van der Waals surface area (Å²) in [6.45, 7) is 7.30. The van der Waals surface area contributed by atoms with Crippen LogP contribution >= 0.6 is 0 Å². The minimum Gasteiger partial charge on any atom is -0.382 e. The van der Waals surface area contributed by atoms with E-state index in [0.29, 0.717) is 17.2 Å². The van der Waals surface area contributed by atoms with Gasteiger partial charge in [-0.3, -0.25) is 4.79 Å². The Hall–Kier alpha value is -1.45. The predicted octanol–water partition coefficient (Wildman–Crippen LogP) is 1.60. The van der Waals surface area contributed by atoms with Gasteiger partial charge in [-0.25, -0.2) is 9.97 Å². The van der Waals surface area contributed by atoms with Crippen LogP contribution in [0.3, 0.4) is 0 Å². The maximum absolute atomic E-state index is 11.9. The zero-order valence-corrected chi connectivity index (χ0v) is 8.96. The Labute approximate surface area is 83.6 Å². The SMILES string of the molecule is Cc1nc(N)cnc1C(=O)C(C)(C)C. The largest absolute Gasteiger partial charge is 0.382 e. The lowest BCUT2D eigenvalue weighted by molar-refractivity contribution is 0.0851. The third-order valence-electron chi connectivity index (χ3n) is 1.86. The number of rotatable bonds is 1. The van der Waals surface area contributed by atoms with Crippen molar-refractivity contribution in [2.24, 2.45) is 5.41 Å². The highest BCUT2D eigenvalue weighted by molar-refractivity contribution is 5.98. The predicted molar refractivity (Wildman–Crippen MR) is 55.0 cm³/mol. The number of hydrogen-bond acceptors (Lipinski definition) is 4. The van der Waals surface area contributed by atoms with Crippen LogP contribution in [0.1, 0.15) is 37.0 Å². The van der Waals surface area contributed by atoms with Crippen molar-refractivity contribution in [2.45, 2.75) is 27.7 Å². The van der Waals surface area contributed by atoms with E-state index >= 15 is 0 Å². The molecule has 0 aromatic carbocycles. The Morgan fingerprint density at radius 3 is 2.43 bits per heavy atom. The molecular weight excluding hydrogens is 178 g/mol. The lowest BCUT2D eigenvalue weighted by Gasteiger charge is -2.16. The molecule has 0 aliphatic carbocycles. The number of carbonyl (C=O) groups excluding carboxylic acids is 1. The van der Waals surface area contributed by atoms with E-state index in [2.05, 4.69) is 9.97 Å². The summed E-state index contributed by atoms with van der Waals surface area (Å²) in [7, 11) is 0. The second kappa shape index (κ2) is 3.36. The Balaban J connectivity index is 3.15. The Morgan fingerprint density at radius 2 is 2.00 bits per heavy atom. The maximum atomic E-state index is 11.9. The highest BCUT2D eigenvalue weighted by atomic mass is 16.1. The van der Waals surface area contributed by atoms with Gasteiger partial charge in [0, 0.05) is 5.41 Å². The van der Waals surface area contributed by atoms with Gasteiger partial charge >= 0.3 is 0 Å². The lowest BCUT2D eigenvalue weighted by atomic mass is 9.88. The van der Waals surface area contributed by atoms with Crippen LogP contribution in [-0.2, 0) is 0 Å². The van der Waals surface area contributed by atoms with Crippen LogP contribution in [0.25, 0.3) is 0 Å². The van der Waals surface area contributed by atoms with E-state index < -0.39 is 5.41 Å². The molecule has 0 radical (unpaired) electrons. The van der Waals surface area contributed by atoms with Crippen LogP contribution in [0.15, 0.2) is 6.20 Å². The van der Waals surface area contributed by atoms with Gasteiger partial charge in [0.25, 0.3) is 0 Å². The summed E-state index contributed by atoms with van der Waals surface area (Å²) in [5.74, 6) is 0.329. The minimum atomic E-state index is -0.435. The molecule has 0 aliphatic heterocycles. The first-order valence-corrected chi connectivity index (χ1v) is 4.46. The number of Topliss-reactive ketones (excluding diaryl/α,β-unsaturated/α-hetero) is 1. The molecule has 4 heteroatoms. The number of aryl methyl sites for hydroxylation is 1. The van der Waals surface area contributed by atoms with Crippen LogP contribution in [0.5, 0.6) is 0 Å². The molecule has 1 rings (SSSR count). The van der Waals surface area contributed by atoms with Crippen molar-refractivity contribution in [3.63, 3.8) is 0 Å². The number of hydrogen-bond donors (Lipinski definition) is 1. The molecule has 0 spiro atoms. The summed E-state index contributed by atoms with van der Waals surface area (Å²) in [6.07, 6.45) is 1.41. The van der Waals surface area contributed by atoms with Gasteiger partial charge in [-0.2, -0.15) is 0 Å². The van der Waals surface area contributed by atoms with Crippen molar-refractivity contribution in [1.29, 1.82) is 0 Å². The summed E-state index contributed by atoms with van der Waals surface area (Å²) >= 11 is 0. The Bertz CT molecular complexity index is 366. The number of aromatic nitrogens is 2. The third kappa shape index (κ3) is 2.07. The fourth-order valence-corrected chi connectivity index (χ4v) is 1.08. The van der Waals surface area contributed by atoms with Gasteiger partial charge in [0.1, 0.15) is 11.5 Å². The molecular formula is C10H15N3O. The van der Waals surface area contributed by atoms with Crippen molar-refractivity contribution >= 4 is 11.6 Å². The smallest absolute Gasteiger partial charge is 0.188 e. The van der Waals surface area contributed by atoms with E-state index in [1.54, 1.807) is 6.92 Å². The maximum Gasteiger partial charge on any atom is 0.188 e. The van der Waals surface area contributed by atoms with E-state index in [9.17, 15) is 4.79 Å². The Kier molecular flexibility index (Phi) is 2.55. The number of nitrogens with two attached hydrogens (primary N) is 1. The number of ketones is 1. The van der Waals surface area contributed by atoms with Gasteiger partial charge in [-0.15, -0.1) is 0 Å². The second-order valence-electron chi connectivity index (χ2n) is 4.31. The second-order valence-corrected chi connectivity index (χ2v) is 4.31. The van der Waals surface area contributed by atoms with Crippen LogP contribution in [0, 0.1) is 12.3 Å². The highest BCUT2D eigenvalue weighted by Crippen LogP contribution is 2.20. The minimum absolute atomic E-state index is 0.0116. The van der Waals surface area contributed by atoms with Crippen LogP contribution in [-0.4, -0.2) is 15.8 Å². The summed E-state index contributed by atoms with van der Waals surface area (Å²) in [5, 5.41) is 0. The monoisotopic (exact) mass is 193 g/mol. The van der Waals surface area contributed by atoms with Gasteiger partial charge in [-0.05, 0) is 6.92 Å². The molecule has 1 aromatic rings. The third-order valence-corrected chi connectivity index (χ3v) is 1.86. The number of nitrogen functional groups attached to an aromatic ring is 1. The van der Waals surface area contributed by atoms with E-state index in [-0.39, 0.29) is 5.78 Å². The van der Waals surface area contributed by atoms with Gasteiger partial charge in [0.2, 0.25) is 0 Å². The first-order chi connectivity index (χ1) is 6.32. The Morgan fingerprint density at radius 1 is 1.43 bits per heavy atom. The molecule has 0 aliphatic rings. The molecule has 0 saturated carbocycles. The first kappa shape index (κ1) is 10.6. The van der Waals surface area contributed by atoms with Crippen LogP contribution in [0.4, 0.5) is 5.82 Å². The zero-order chi connectivity index (χ0) is 10.9. The van der Waals surface area contributed by atoms with E-state index in [4.69, 9.17) is 5.73 Å². The number of carbonyl (C=O) groups is 1. The first-order valence-electron chi connectivity index (χ1n) is 4.46. The molecule has 0 atom stereocenters. The normalized spacial score (nSPS) is 11.4. The van der Waals surface area contributed by atoms with Crippen molar-refractivity contribution in [1.82, 2.24) is 9.97 Å². The van der Waals surface area contributed by atoms with Crippen molar-refractivity contribution in [2.75, 3.05) is 5.73 Å². The highest BCUT2D eigenvalue weighted by Gasteiger charge is 2.25. The van der Waals surface area contributed by atoms with E-state index in [1.807, 2.05) is 20.8 Å². The number of nitrogens with zero attached hydrogens (tertiary/aromatic N) is 2. The van der Waals surface area contributed by atoms with Gasteiger partial charge in [0.05, 0.1) is 11.9 Å². The molecule has 4 nitrogen and oxygen atoms in total. The summed E-state index contributed by atoms with van der Waals surface area (Å²) < 4.78 is 0. The molecule has 1 heterocycles. The quantitative estimate of drug-likeness (QED) is 0.688. The fraction of sp³-hybridized carbons (Fsp3) is 0.500. The molecule has 76 valence electrons. The van der Waals surface area contributed by atoms with Gasteiger partial charge in [-0.1, -0.05) is 20.8 Å². The standard InChI is InChI=1S/C10H15N3O/c1-6-8(9(14)10(2,3)4)12-5-7(11)13-6/h5H,1-4H3,(H2,11,13). The lowest BCUT2D eigenvalue weighted by Crippen LogP contribution is -2.23.